The Morgan fingerprint density at radius 1 is 1.05 bits per heavy atom. The molecule has 122 valence electrons. The lowest BCUT2D eigenvalue weighted by Crippen LogP contribution is -2.65. The molecule has 0 heterocycles. The summed E-state index contributed by atoms with van der Waals surface area (Å²) in [6, 6.07) is 0. The van der Waals surface area contributed by atoms with Gasteiger partial charge in [0.25, 0.3) is 0 Å². The molecule has 2 unspecified atom stereocenters. The van der Waals surface area contributed by atoms with Gasteiger partial charge in [-0.25, -0.2) is 0 Å². The van der Waals surface area contributed by atoms with Crippen LogP contribution < -0.4 is 0 Å². The van der Waals surface area contributed by atoms with Crippen molar-refractivity contribution in [3.8, 4) is 0 Å². The van der Waals surface area contributed by atoms with Crippen LogP contribution in [0.3, 0.4) is 0 Å². The molecule has 0 spiro atoms. The average Bonchev–Trinajstić information content (AvgIpc) is 2.77. The number of Topliss-reactive ketones (excluding diaryl/α,β-unsaturated/α-hetero) is 1. The number of carbonyl (C=O) groups is 1. The Morgan fingerprint density at radius 2 is 1.82 bits per heavy atom. The van der Waals surface area contributed by atoms with Gasteiger partial charge in [0, 0.05) is 18.3 Å². The second kappa shape index (κ2) is 4.47. The third-order valence-electron chi connectivity index (χ3n) is 8.62. The van der Waals surface area contributed by atoms with Gasteiger partial charge in [0.2, 0.25) is 0 Å². The van der Waals surface area contributed by atoms with Gasteiger partial charge in [-0.3, -0.25) is 4.79 Å². The Balaban J connectivity index is 1.72. The van der Waals surface area contributed by atoms with E-state index in [1.54, 1.807) is 0 Å². The number of carbonyl (C=O) groups excluding carboxylic acids is 1. The Hall–Kier alpha value is -0.630. The van der Waals surface area contributed by atoms with Crippen LogP contribution in [0.2, 0.25) is 0 Å². The van der Waals surface area contributed by atoms with Crippen molar-refractivity contribution in [3.05, 3.63) is 12.2 Å². The van der Waals surface area contributed by atoms with E-state index in [1.165, 1.54) is 12.0 Å². The summed E-state index contributed by atoms with van der Waals surface area (Å²) >= 11 is 0. The minimum Gasteiger partial charge on any atom is -0.389 e. The maximum absolute atomic E-state index is 11.9. The van der Waals surface area contributed by atoms with Crippen LogP contribution in [0.15, 0.2) is 12.2 Å². The first-order chi connectivity index (χ1) is 10.3. The molecule has 0 aromatic rings. The molecule has 4 rings (SSSR count). The summed E-state index contributed by atoms with van der Waals surface area (Å²) in [6.07, 6.45) is 8.87. The van der Waals surface area contributed by atoms with Crippen LogP contribution in [-0.4, -0.2) is 16.5 Å². The van der Waals surface area contributed by atoms with Crippen LogP contribution in [-0.2, 0) is 4.79 Å². The first kappa shape index (κ1) is 14.9. The number of aliphatic hydroxyl groups is 1. The lowest BCUT2D eigenvalue weighted by molar-refractivity contribution is -0.227. The molecule has 0 aliphatic heterocycles. The highest BCUT2D eigenvalue weighted by Crippen LogP contribution is 2.68. The number of hydrogen-bond donors (Lipinski definition) is 1. The van der Waals surface area contributed by atoms with Crippen molar-refractivity contribution >= 4 is 5.78 Å². The fourth-order valence-electron chi connectivity index (χ4n) is 6.90. The Labute approximate surface area is 134 Å². The lowest BCUT2D eigenvalue weighted by Gasteiger charge is -2.64. The molecule has 4 aliphatic carbocycles. The predicted octanol–water partition coefficient (Wildman–Crippen LogP) is 4.27. The molecular formula is C20H30O2. The lowest BCUT2D eigenvalue weighted by atomic mass is 9.43. The molecule has 0 bridgehead atoms. The van der Waals surface area contributed by atoms with Gasteiger partial charge in [-0.15, -0.1) is 0 Å². The maximum Gasteiger partial charge on any atom is 0.133 e. The van der Waals surface area contributed by atoms with Gasteiger partial charge >= 0.3 is 0 Å². The van der Waals surface area contributed by atoms with E-state index in [4.69, 9.17) is 0 Å². The number of ketones is 1. The second-order valence-electron chi connectivity index (χ2n) is 9.13. The average molecular weight is 302 g/mol. The fraction of sp³-hybridized carbons (Fsp3) is 0.850. The molecule has 2 heteroatoms. The minimum atomic E-state index is -0.550. The van der Waals surface area contributed by atoms with Crippen molar-refractivity contribution in [2.24, 2.45) is 28.6 Å². The monoisotopic (exact) mass is 302 g/mol. The van der Waals surface area contributed by atoms with Crippen LogP contribution in [0.5, 0.6) is 0 Å². The first-order valence-corrected chi connectivity index (χ1v) is 9.23. The molecule has 0 saturated heterocycles. The molecule has 1 N–H and O–H groups in total. The largest absolute Gasteiger partial charge is 0.389 e. The van der Waals surface area contributed by atoms with E-state index >= 15 is 0 Å². The second-order valence-corrected chi connectivity index (χ2v) is 9.13. The summed E-state index contributed by atoms with van der Waals surface area (Å²) in [5.74, 6) is 1.84. The summed E-state index contributed by atoms with van der Waals surface area (Å²) < 4.78 is 0. The van der Waals surface area contributed by atoms with E-state index < -0.39 is 5.60 Å². The topological polar surface area (TPSA) is 37.3 Å². The minimum absolute atomic E-state index is 0.0465. The van der Waals surface area contributed by atoms with Gasteiger partial charge in [0.05, 0.1) is 5.60 Å². The highest BCUT2D eigenvalue weighted by Gasteiger charge is 2.65. The standard InChI is InChI=1S/C20H30O2/c1-13-4-6-16-17-7-5-14-12-15(21)8-9-19(14,3)20(17,22)11-10-18(13,16)2/h14,16-17,22H,1,4-12H2,2-3H3/t14-,16?,17?,18+,19-,20+/m0/s1. The molecule has 22 heavy (non-hydrogen) atoms. The highest BCUT2D eigenvalue weighted by molar-refractivity contribution is 5.79. The Bertz CT molecular complexity index is 538. The van der Waals surface area contributed by atoms with Crippen molar-refractivity contribution in [1.82, 2.24) is 0 Å². The van der Waals surface area contributed by atoms with E-state index in [0.29, 0.717) is 36.4 Å². The van der Waals surface area contributed by atoms with Crippen LogP contribution >= 0.6 is 0 Å². The van der Waals surface area contributed by atoms with Gasteiger partial charge in [-0.05, 0) is 68.1 Å². The maximum atomic E-state index is 11.9. The summed E-state index contributed by atoms with van der Waals surface area (Å²) in [5.41, 5.74) is 1.08. The molecule has 4 saturated carbocycles. The summed E-state index contributed by atoms with van der Waals surface area (Å²) in [4.78, 5) is 11.9. The summed E-state index contributed by atoms with van der Waals surface area (Å²) in [7, 11) is 0. The van der Waals surface area contributed by atoms with Gasteiger partial charge in [-0.1, -0.05) is 26.0 Å². The molecule has 6 atom stereocenters. The molecule has 4 fully saturated rings. The van der Waals surface area contributed by atoms with E-state index in [0.717, 1.165) is 38.5 Å². The zero-order valence-electron chi connectivity index (χ0n) is 14.2. The normalized spacial score (nSPS) is 54.6. The van der Waals surface area contributed by atoms with Gasteiger partial charge in [0.15, 0.2) is 0 Å². The Kier molecular flexibility index (Phi) is 3.03. The summed E-state index contributed by atoms with van der Waals surface area (Å²) in [6.45, 7) is 9.04. The van der Waals surface area contributed by atoms with Crippen molar-refractivity contribution in [2.75, 3.05) is 0 Å². The summed E-state index contributed by atoms with van der Waals surface area (Å²) in [5, 5.41) is 11.8. The fourth-order valence-corrected chi connectivity index (χ4v) is 6.90. The molecule has 0 amide bonds. The SMILES string of the molecule is C=C1CCC2C3CC[C@H]4CC(=O)CC[C@]4(C)[C@@]3(O)CC[C@]12C. The zero-order valence-corrected chi connectivity index (χ0v) is 14.2. The van der Waals surface area contributed by atoms with Crippen LogP contribution in [0.4, 0.5) is 0 Å². The molecule has 0 aromatic heterocycles. The molecular weight excluding hydrogens is 272 g/mol. The molecule has 2 nitrogen and oxygen atoms in total. The molecule has 0 radical (unpaired) electrons. The van der Waals surface area contributed by atoms with Crippen LogP contribution in [0.25, 0.3) is 0 Å². The van der Waals surface area contributed by atoms with Crippen molar-refractivity contribution < 1.29 is 9.90 Å². The van der Waals surface area contributed by atoms with Crippen LogP contribution in [0, 0.1) is 28.6 Å². The van der Waals surface area contributed by atoms with Gasteiger partial charge in [-0.2, -0.15) is 0 Å². The third-order valence-corrected chi connectivity index (χ3v) is 8.62. The Morgan fingerprint density at radius 3 is 2.59 bits per heavy atom. The van der Waals surface area contributed by atoms with E-state index in [9.17, 15) is 9.90 Å². The highest BCUT2D eigenvalue weighted by atomic mass is 16.3. The predicted molar refractivity (Wildman–Crippen MR) is 87.3 cm³/mol. The van der Waals surface area contributed by atoms with Gasteiger partial charge < -0.3 is 5.11 Å². The van der Waals surface area contributed by atoms with E-state index in [1.807, 2.05) is 0 Å². The van der Waals surface area contributed by atoms with Crippen LogP contribution in [0.1, 0.15) is 71.6 Å². The smallest absolute Gasteiger partial charge is 0.133 e. The number of fused-ring (bicyclic) bond motifs is 5. The zero-order chi connectivity index (χ0) is 15.8. The van der Waals surface area contributed by atoms with Crippen molar-refractivity contribution in [2.45, 2.75) is 77.2 Å². The number of hydrogen-bond acceptors (Lipinski definition) is 2. The van der Waals surface area contributed by atoms with Crippen molar-refractivity contribution in [1.29, 1.82) is 0 Å². The molecule has 4 aliphatic rings. The first-order valence-electron chi connectivity index (χ1n) is 9.23. The van der Waals surface area contributed by atoms with E-state index in [2.05, 4.69) is 20.4 Å². The quantitative estimate of drug-likeness (QED) is 0.679. The van der Waals surface area contributed by atoms with Gasteiger partial charge in [0.1, 0.15) is 5.78 Å². The molecule has 0 aromatic carbocycles. The van der Waals surface area contributed by atoms with Crippen molar-refractivity contribution in [3.63, 3.8) is 0 Å². The van der Waals surface area contributed by atoms with E-state index in [-0.39, 0.29) is 10.8 Å². The number of allylic oxidation sites excluding steroid dienone is 1. The third kappa shape index (κ3) is 1.63. The number of rotatable bonds is 0.